The van der Waals surface area contributed by atoms with E-state index in [0.29, 0.717) is 12.3 Å². The van der Waals surface area contributed by atoms with Crippen molar-refractivity contribution in [1.29, 1.82) is 0 Å². The van der Waals surface area contributed by atoms with Gasteiger partial charge in [-0.1, -0.05) is 12.0 Å². The van der Waals surface area contributed by atoms with Gasteiger partial charge in [0, 0.05) is 11.8 Å². The van der Waals surface area contributed by atoms with Crippen molar-refractivity contribution in [3.05, 3.63) is 23.9 Å². The first-order chi connectivity index (χ1) is 5.95. The molecule has 72 valence electrons. The van der Waals surface area contributed by atoms with Gasteiger partial charge in [-0.05, 0) is 26.8 Å². The van der Waals surface area contributed by atoms with E-state index < -0.39 is 0 Å². The zero-order chi connectivity index (χ0) is 10.3. The van der Waals surface area contributed by atoms with Crippen LogP contribution in [0.3, 0.4) is 0 Å². The molecule has 0 aromatic heterocycles. The summed E-state index contributed by atoms with van der Waals surface area (Å²) in [6, 6.07) is 0. The van der Waals surface area contributed by atoms with E-state index in [1.54, 1.807) is 6.08 Å². The van der Waals surface area contributed by atoms with Crippen LogP contribution in [-0.2, 0) is 4.74 Å². The predicted molar refractivity (Wildman–Crippen MR) is 55.9 cm³/mol. The van der Waals surface area contributed by atoms with Gasteiger partial charge in [0.15, 0.2) is 0 Å². The van der Waals surface area contributed by atoms with Crippen LogP contribution in [0.2, 0.25) is 0 Å². The fourth-order valence-electron chi connectivity index (χ4n) is 0.627. The molecule has 0 unspecified atom stereocenters. The second-order valence-corrected chi connectivity index (χ2v) is 3.64. The Morgan fingerprint density at radius 1 is 1.54 bits per heavy atom. The molecule has 0 amide bonds. The highest BCUT2D eigenvalue weighted by atomic mass is 16.5. The maximum absolute atomic E-state index is 5.51. The molecular formula is C11H17NO. The summed E-state index contributed by atoms with van der Waals surface area (Å²) in [5, 5.41) is 0. The fourth-order valence-corrected chi connectivity index (χ4v) is 0.627. The Balaban J connectivity index is 3.79. The molecular weight excluding hydrogens is 162 g/mol. The minimum absolute atomic E-state index is 0.116. The van der Waals surface area contributed by atoms with Crippen LogP contribution in [0.15, 0.2) is 23.9 Å². The van der Waals surface area contributed by atoms with Crippen LogP contribution in [0, 0.1) is 12.3 Å². The first-order valence-corrected chi connectivity index (χ1v) is 4.18. The molecule has 0 aromatic rings. The van der Waals surface area contributed by atoms with Gasteiger partial charge in [0.05, 0.1) is 12.2 Å². The van der Waals surface area contributed by atoms with Gasteiger partial charge >= 0.3 is 0 Å². The molecule has 0 saturated carbocycles. The third-order valence-corrected chi connectivity index (χ3v) is 1.17. The van der Waals surface area contributed by atoms with E-state index >= 15 is 0 Å². The van der Waals surface area contributed by atoms with Gasteiger partial charge in [-0.25, -0.2) is 0 Å². The van der Waals surface area contributed by atoms with Crippen LogP contribution < -0.4 is 5.73 Å². The van der Waals surface area contributed by atoms with E-state index in [0.717, 1.165) is 0 Å². The lowest BCUT2D eigenvalue weighted by Crippen LogP contribution is -2.18. The first-order valence-electron chi connectivity index (χ1n) is 4.18. The molecule has 0 aliphatic heterocycles. The second-order valence-electron chi connectivity index (χ2n) is 3.64. The van der Waals surface area contributed by atoms with Crippen molar-refractivity contribution in [3.8, 4) is 12.3 Å². The molecule has 0 bridgehead atoms. The summed E-state index contributed by atoms with van der Waals surface area (Å²) in [4.78, 5) is 0. The molecule has 2 heteroatoms. The highest BCUT2D eigenvalue weighted by Crippen LogP contribution is 2.05. The van der Waals surface area contributed by atoms with Gasteiger partial charge in [0.25, 0.3) is 0 Å². The predicted octanol–water partition coefficient (Wildman–Crippen LogP) is 1.83. The van der Waals surface area contributed by atoms with Gasteiger partial charge in [-0.3, -0.25) is 0 Å². The van der Waals surface area contributed by atoms with E-state index in [2.05, 4.69) is 5.92 Å². The molecule has 2 nitrogen and oxygen atoms in total. The molecule has 0 atom stereocenters. The fraction of sp³-hybridized carbons (Fsp3) is 0.455. The summed E-state index contributed by atoms with van der Waals surface area (Å²) in [6.45, 7) is 6.55. The van der Waals surface area contributed by atoms with Crippen molar-refractivity contribution in [1.82, 2.24) is 0 Å². The number of rotatable bonds is 3. The molecule has 2 N–H and O–H groups in total. The maximum Gasteiger partial charge on any atom is 0.0658 e. The Kier molecular flexibility index (Phi) is 4.94. The highest BCUT2D eigenvalue weighted by Gasteiger charge is 2.07. The van der Waals surface area contributed by atoms with Gasteiger partial charge < -0.3 is 10.5 Å². The summed E-state index contributed by atoms with van der Waals surface area (Å²) in [7, 11) is 0. The Labute approximate surface area is 80.5 Å². The van der Waals surface area contributed by atoms with Crippen LogP contribution in [0.1, 0.15) is 20.8 Å². The zero-order valence-corrected chi connectivity index (χ0v) is 8.50. The monoisotopic (exact) mass is 179 g/mol. The van der Waals surface area contributed by atoms with Crippen molar-refractivity contribution in [2.45, 2.75) is 26.4 Å². The summed E-state index contributed by atoms with van der Waals surface area (Å²) in [5.74, 6) is 2.35. The first kappa shape index (κ1) is 11.8. The van der Waals surface area contributed by atoms with Crippen LogP contribution in [0.4, 0.5) is 0 Å². The summed E-state index contributed by atoms with van der Waals surface area (Å²) >= 11 is 0. The number of terminal acetylenes is 1. The molecule has 0 spiro atoms. The van der Waals surface area contributed by atoms with Gasteiger partial charge in [-0.2, -0.15) is 0 Å². The second kappa shape index (κ2) is 5.45. The zero-order valence-electron chi connectivity index (χ0n) is 8.50. The van der Waals surface area contributed by atoms with E-state index in [9.17, 15) is 0 Å². The summed E-state index contributed by atoms with van der Waals surface area (Å²) in [6.07, 6.45) is 10.1. The lowest BCUT2D eigenvalue weighted by molar-refractivity contribution is 0.0150. The van der Waals surface area contributed by atoms with Crippen LogP contribution in [-0.4, -0.2) is 12.2 Å². The summed E-state index contributed by atoms with van der Waals surface area (Å²) < 4.78 is 5.44. The van der Waals surface area contributed by atoms with Gasteiger partial charge in [0.2, 0.25) is 0 Å². The molecule has 0 aromatic carbocycles. The van der Waals surface area contributed by atoms with E-state index in [4.69, 9.17) is 16.9 Å². The van der Waals surface area contributed by atoms with Crippen molar-refractivity contribution in [2.24, 2.45) is 5.73 Å². The van der Waals surface area contributed by atoms with Crippen LogP contribution in [0.25, 0.3) is 0 Å². The molecule has 0 radical (unpaired) electrons. The van der Waals surface area contributed by atoms with Crippen LogP contribution >= 0.6 is 0 Å². The lowest BCUT2D eigenvalue weighted by Gasteiger charge is -2.17. The Hall–Kier alpha value is -1.20. The lowest BCUT2D eigenvalue weighted by atomic mass is 10.2. The van der Waals surface area contributed by atoms with Gasteiger partial charge in [0.1, 0.15) is 0 Å². The standard InChI is InChI=1S/C11H17NO/c1-5-7-10(12)8-6-9-13-11(2,3)4/h1,6-8H,9,12H2,2-4H3/b8-6-,10-7+. The molecule has 0 fully saturated rings. The van der Waals surface area contributed by atoms with E-state index in [1.807, 2.05) is 26.8 Å². The van der Waals surface area contributed by atoms with Crippen molar-refractivity contribution < 1.29 is 4.74 Å². The quantitative estimate of drug-likeness (QED) is 0.530. The number of nitrogens with two attached hydrogens (primary N) is 1. The van der Waals surface area contributed by atoms with Crippen LogP contribution in [0.5, 0.6) is 0 Å². The molecule has 0 heterocycles. The van der Waals surface area contributed by atoms with E-state index in [1.165, 1.54) is 6.08 Å². The molecule has 0 rings (SSSR count). The smallest absolute Gasteiger partial charge is 0.0658 e. The third kappa shape index (κ3) is 8.71. The number of hydrogen-bond acceptors (Lipinski definition) is 2. The molecule has 0 aliphatic rings. The molecule has 0 aliphatic carbocycles. The number of allylic oxidation sites excluding steroid dienone is 2. The molecule has 13 heavy (non-hydrogen) atoms. The normalized spacial score (nSPS) is 13.2. The topological polar surface area (TPSA) is 35.2 Å². The van der Waals surface area contributed by atoms with Crippen molar-refractivity contribution in [3.63, 3.8) is 0 Å². The highest BCUT2D eigenvalue weighted by molar-refractivity contribution is 5.23. The maximum atomic E-state index is 5.51. The average Bonchev–Trinajstić information content (AvgIpc) is 1.97. The molecule has 0 saturated heterocycles. The Bertz CT molecular complexity index is 238. The minimum atomic E-state index is -0.116. The largest absolute Gasteiger partial charge is 0.398 e. The van der Waals surface area contributed by atoms with Crippen molar-refractivity contribution in [2.75, 3.05) is 6.61 Å². The Morgan fingerprint density at radius 3 is 2.62 bits per heavy atom. The van der Waals surface area contributed by atoms with E-state index in [-0.39, 0.29) is 5.60 Å². The van der Waals surface area contributed by atoms with Crippen molar-refractivity contribution >= 4 is 0 Å². The Morgan fingerprint density at radius 2 is 2.15 bits per heavy atom. The third-order valence-electron chi connectivity index (χ3n) is 1.17. The number of hydrogen-bond donors (Lipinski definition) is 1. The summed E-state index contributed by atoms with van der Waals surface area (Å²) in [5.41, 5.74) is 5.96. The van der Waals surface area contributed by atoms with Gasteiger partial charge in [-0.15, -0.1) is 6.42 Å². The SMILES string of the molecule is C#C/C=C(N)\C=C/COC(C)(C)C. The minimum Gasteiger partial charge on any atom is -0.398 e. The number of ether oxygens (including phenoxy) is 1. The average molecular weight is 179 g/mol.